The Morgan fingerprint density at radius 2 is 1.95 bits per heavy atom. The van der Waals surface area contributed by atoms with Gasteiger partial charge in [-0.2, -0.15) is 0 Å². The van der Waals surface area contributed by atoms with Crippen molar-refractivity contribution >= 4 is 6.09 Å². The Balaban J connectivity index is 1.84. The van der Waals surface area contributed by atoms with Gasteiger partial charge in [-0.05, 0) is 18.4 Å². The summed E-state index contributed by atoms with van der Waals surface area (Å²) in [5.74, 6) is 0. The van der Waals surface area contributed by atoms with Gasteiger partial charge in [0, 0.05) is 0 Å². The molecule has 1 heterocycles. The monoisotopic (exact) mass is 265 g/mol. The summed E-state index contributed by atoms with van der Waals surface area (Å²) in [4.78, 5) is 12.5. The summed E-state index contributed by atoms with van der Waals surface area (Å²) in [6.07, 6.45) is 0.457. The fourth-order valence-electron chi connectivity index (χ4n) is 2.50. The number of nitrogens with zero attached hydrogens (tertiary/aromatic N) is 1. The van der Waals surface area contributed by atoms with Crippen molar-refractivity contribution < 1.29 is 19.7 Å². The van der Waals surface area contributed by atoms with E-state index < -0.39 is 6.09 Å². The minimum atomic E-state index is -0.982. The number of hydrogen-bond donors (Lipinski definition) is 2. The molecular weight excluding hydrogens is 246 g/mol. The van der Waals surface area contributed by atoms with Crippen molar-refractivity contribution in [1.29, 1.82) is 0 Å². The van der Waals surface area contributed by atoms with Gasteiger partial charge in [0.15, 0.2) is 0 Å². The van der Waals surface area contributed by atoms with Gasteiger partial charge in [0.2, 0.25) is 0 Å². The Hall–Kier alpha value is -1.59. The van der Waals surface area contributed by atoms with E-state index in [-0.39, 0.29) is 18.7 Å². The molecule has 0 spiro atoms. The maximum atomic E-state index is 11.2. The van der Waals surface area contributed by atoms with Crippen LogP contribution in [0, 0.1) is 0 Å². The number of rotatable bonds is 5. The van der Waals surface area contributed by atoms with E-state index in [0.717, 1.165) is 12.0 Å². The van der Waals surface area contributed by atoms with Gasteiger partial charge in [0.1, 0.15) is 0 Å². The molecule has 0 bridgehead atoms. The van der Waals surface area contributed by atoms with Crippen molar-refractivity contribution in [3.63, 3.8) is 0 Å². The largest absolute Gasteiger partial charge is 0.465 e. The van der Waals surface area contributed by atoms with Crippen LogP contribution in [0.25, 0.3) is 0 Å². The molecule has 19 heavy (non-hydrogen) atoms. The molecule has 1 fully saturated rings. The van der Waals surface area contributed by atoms with Gasteiger partial charge in [0.25, 0.3) is 0 Å². The molecule has 104 valence electrons. The Morgan fingerprint density at radius 3 is 2.58 bits per heavy atom. The van der Waals surface area contributed by atoms with Crippen LogP contribution >= 0.6 is 0 Å². The van der Waals surface area contributed by atoms with Crippen LogP contribution in [-0.4, -0.2) is 46.5 Å². The maximum absolute atomic E-state index is 11.2. The number of carboxylic acid groups (broad SMARTS) is 1. The Kier molecular flexibility index (Phi) is 4.76. The van der Waals surface area contributed by atoms with E-state index in [1.54, 1.807) is 0 Å². The molecule has 0 saturated carbocycles. The summed E-state index contributed by atoms with van der Waals surface area (Å²) in [6, 6.07) is 9.33. The number of benzene rings is 1. The fourth-order valence-corrected chi connectivity index (χ4v) is 2.50. The molecule has 0 radical (unpaired) electrons. The molecule has 1 aromatic rings. The Morgan fingerprint density at radius 1 is 1.26 bits per heavy atom. The predicted octanol–water partition coefficient (Wildman–Crippen LogP) is 1.71. The third kappa shape index (κ3) is 3.45. The highest BCUT2D eigenvalue weighted by Crippen LogP contribution is 2.24. The molecule has 1 aromatic carbocycles. The van der Waals surface area contributed by atoms with Crippen LogP contribution in [-0.2, 0) is 11.3 Å². The van der Waals surface area contributed by atoms with Crippen molar-refractivity contribution in [2.75, 3.05) is 13.2 Å². The van der Waals surface area contributed by atoms with E-state index in [4.69, 9.17) is 14.9 Å². The lowest BCUT2D eigenvalue weighted by atomic mass is 10.2. The van der Waals surface area contributed by atoms with Crippen LogP contribution in [0.3, 0.4) is 0 Å². The quantitative estimate of drug-likeness (QED) is 0.850. The molecule has 5 nitrogen and oxygen atoms in total. The van der Waals surface area contributed by atoms with Crippen molar-refractivity contribution in [3.05, 3.63) is 35.9 Å². The van der Waals surface area contributed by atoms with Crippen molar-refractivity contribution in [1.82, 2.24) is 4.90 Å². The van der Waals surface area contributed by atoms with E-state index >= 15 is 0 Å². The van der Waals surface area contributed by atoms with Crippen LogP contribution < -0.4 is 0 Å². The van der Waals surface area contributed by atoms with E-state index in [1.807, 2.05) is 30.3 Å². The zero-order chi connectivity index (χ0) is 13.7. The number of likely N-dealkylation sites (tertiary alicyclic amines) is 1. The summed E-state index contributed by atoms with van der Waals surface area (Å²) in [7, 11) is 0. The molecule has 0 aromatic heterocycles. The number of ether oxygens (including phenoxy) is 1. The first-order valence-electron chi connectivity index (χ1n) is 6.46. The van der Waals surface area contributed by atoms with Crippen molar-refractivity contribution in [2.24, 2.45) is 0 Å². The van der Waals surface area contributed by atoms with Gasteiger partial charge in [-0.15, -0.1) is 0 Å². The Labute approximate surface area is 112 Å². The van der Waals surface area contributed by atoms with Gasteiger partial charge >= 0.3 is 6.09 Å². The second kappa shape index (κ2) is 6.54. The first kappa shape index (κ1) is 13.8. The molecule has 1 aliphatic rings. The highest BCUT2D eigenvalue weighted by Gasteiger charge is 2.36. The van der Waals surface area contributed by atoms with Crippen LogP contribution in [0.2, 0.25) is 0 Å². The molecule has 2 N–H and O–H groups in total. The lowest BCUT2D eigenvalue weighted by Gasteiger charge is -2.26. The number of hydrogen-bond acceptors (Lipinski definition) is 3. The summed E-state index contributed by atoms with van der Waals surface area (Å²) in [5.41, 5.74) is 1.07. The standard InChI is InChI=1S/C14H19NO4/c16-8-12-6-7-13(15(12)14(17)18)10-19-9-11-4-2-1-3-5-11/h1-5,12-13,16H,6-10H2,(H,17,18)/t12-,13+/m1/s1. The summed E-state index contributed by atoms with van der Waals surface area (Å²) in [5, 5.41) is 18.3. The molecule has 0 aliphatic carbocycles. The average molecular weight is 265 g/mol. The molecule has 1 saturated heterocycles. The van der Waals surface area contributed by atoms with E-state index in [2.05, 4.69) is 0 Å². The smallest absolute Gasteiger partial charge is 0.407 e. The van der Waals surface area contributed by atoms with E-state index in [0.29, 0.717) is 19.6 Å². The van der Waals surface area contributed by atoms with Crippen LogP contribution in [0.15, 0.2) is 30.3 Å². The summed E-state index contributed by atoms with van der Waals surface area (Å²) in [6.45, 7) is 0.730. The maximum Gasteiger partial charge on any atom is 0.407 e. The zero-order valence-electron chi connectivity index (χ0n) is 10.7. The van der Waals surface area contributed by atoms with E-state index in [9.17, 15) is 4.79 Å². The van der Waals surface area contributed by atoms with Crippen molar-refractivity contribution in [3.8, 4) is 0 Å². The lowest BCUT2D eigenvalue weighted by Crippen LogP contribution is -2.43. The molecule has 2 rings (SSSR count). The number of aliphatic hydroxyl groups excluding tert-OH is 1. The predicted molar refractivity (Wildman–Crippen MR) is 69.9 cm³/mol. The third-order valence-electron chi connectivity index (χ3n) is 3.47. The SMILES string of the molecule is O=C(O)N1[C@@H](CO)CC[C@H]1COCc1ccccc1. The number of amides is 1. The zero-order valence-corrected chi connectivity index (χ0v) is 10.7. The van der Waals surface area contributed by atoms with Crippen LogP contribution in [0.1, 0.15) is 18.4 Å². The van der Waals surface area contributed by atoms with Crippen LogP contribution in [0.4, 0.5) is 4.79 Å². The van der Waals surface area contributed by atoms with Gasteiger partial charge < -0.3 is 14.9 Å². The molecule has 2 atom stereocenters. The summed E-state index contributed by atoms with van der Waals surface area (Å²) < 4.78 is 5.59. The van der Waals surface area contributed by atoms with Crippen LogP contribution in [0.5, 0.6) is 0 Å². The molecule has 0 unspecified atom stereocenters. The minimum absolute atomic E-state index is 0.124. The number of carbonyl (C=O) groups is 1. The average Bonchev–Trinajstić information content (AvgIpc) is 2.83. The van der Waals surface area contributed by atoms with Gasteiger partial charge in [-0.1, -0.05) is 30.3 Å². The minimum Gasteiger partial charge on any atom is -0.465 e. The van der Waals surface area contributed by atoms with Crippen molar-refractivity contribution in [2.45, 2.75) is 31.5 Å². The van der Waals surface area contributed by atoms with Gasteiger partial charge in [-0.3, -0.25) is 4.90 Å². The second-order valence-corrected chi connectivity index (χ2v) is 4.76. The van der Waals surface area contributed by atoms with E-state index in [1.165, 1.54) is 4.90 Å². The van der Waals surface area contributed by atoms with Gasteiger partial charge in [-0.25, -0.2) is 4.79 Å². The van der Waals surface area contributed by atoms with Gasteiger partial charge in [0.05, 0.1) is 31.9 Å². The fraction of sp³-hybridized carbons (Fsp3) is 0.500. The second-order valence-electron chi connectivity index (χ2n) is 4.76. The first-order valence-corrected chi connectivity index (χ1v) is 6.46. The topological polar surface area (TPSA) is 70.0 Å². The molecule has 5 heteroatoms. The summed E-state index contributed by atoms with van der Waals surface area (Å²) >= 11 is 0. The molecular formula is C14H19NO4. The molecule has 1 amide bonds. The lowest BCUT2D eigenvalue weighted by molar-refractivity contribution is 0.0458. The number of aliphatic hydroxyl groups is 1. The Bertz CT molecular complexity index is 409. The first-order chi connectivity index (χ1) is 9.22. The molecule has 1 aliphatic heterocycles. The third-order valence-corrected chi connectivity index (χ3v) is 3.47. The normalized spacial score (nSPS) is 22.7. The highest BCUT2D eigenvalue weighted by atomic mass is 16.5. The highest BCUT2D eigenvalue weighted by molar-refractivity contribution is 5.66.